The molecule has 2 heterocycles. The van der Waals surface area contributed by atoms with Crippen LogP contribution in [0.1, 0.15) is 23.2 Å². The lowest BCUT2D eigenvalue weighted by Gasteiger charge is -2.35. The van der Waals surface area contributed by atoms with Gasteiger partial charge in [-0.1, -0.05) is 34.1 Å². The number of hydrogen-bond acceptors (Lipinski definition) is 4. The first-order valence-corrected chi connectivity index (χ1v) is 9.15. The Balaban J connectivity index is 1.46. The van der Waals surface area contributed by atoms with Gasteiger partial charge in [-0.05, 0) is 24.3 Å². The SMILES string of the molecule is O=C(CCC(=O)N1CCN(c2ccccn2)CC1)c1ccc(Br)cc1. The van der Waals surface area contributed by atoms with E-state index in [1.54, 1.807) is 18.3 Å². The Morgan fingerprint density at radius 1 is 0.960 bits per heavy atom. The third-order valence-corrected chi connectivity index (χ3v) is 4.87. The van der Waals surface area contributed by atoms with Gasteiger partial charge in [0.1, 0.15) is 5.82 Å². The molecular formula is C19H20BrN3O2. The van der Waals surface area contributed by atoms with Crippen molar-refractivity contribution in [2.45, 2.75) is 12.8 Å². The number of carbonyl (C=O) groups is 2. The number of nitrogens with zero attached hydrogens (tertiary/aromatic N) is 3. The van der Waals surface area contributed by atoms with E-state index < -0.39 is 0 Å². The van der Waals surface area contributed by atoms with Crippen molar-refractivity contribution in [2.24, 2.45) is 0 Å². The first-order chi connectivity index (χ1) is 12.1. The highest BCUT2D eigenvalue weighted by molar-refractivity contribution is 9.10. The van der Waals surface area contributed by atoms with Crippen LogP contribution in [0, 0.1) is 0 Å². The van der Waals surface area contributed by atoms with Crippen LogP contribution in [0.4, 0.5) is 5.82 Å². The summed E-state index contributed by atoms with van der Waals surface area (Å²) in [6.45, 7) is 2.87. The van der Waals surface area contributed by atoms with Gasteiger partial charge in [0.2, 0.25) is 5.91 Å². The third kappa shape index (κ3) is 4.66. The van der Waals surface area contributed by atoms with Crippen molar-refractivity contribution in [3.8, 4) is 0 Å². The largest absolute Gasteiger partial charge is 0.353 e. The Morgan fingerprint density at radius 2 is 1.68 bits per heavy atom. The number of pyridine rings is 1. The van der Waals surface area contributed by atoms with Crippen LogP contribution in [-0.2, 0) is 4.79 Å². The van der Waals surface area contributed by atoms with Gasteiger partial charge in [0.05, 0.1) is 0 Å². The van der Waals surface area contributed by atoms with Crippen LogP contribution in [-0.4, -0.2) is 47.8 Å². The van der Waals surface area contributed by atoms with Crippen molar-refractivity contribution in [1.29, 1.82) is 0 Å². The number of amides is 1. The highest BCUT2D eigenvalue weighted by Crippen LogP contribution is 2.15. The quantitative estimate of drug-likeness (QED) is 0.722. The van der Waals surface area contributed by atoms with Crippen molar-refractivity contribution in [3.63, 3.8) is 0 Å². The number of aromatic nitrogens is 1. The predicted molar refractivity (Wildman–Crippen MR) is 101 cm³/mol. The maximum atomic E-state index is 12.4. The molecule has 1 aliphatic heterocycles. The zero-order chi connectivity index (χ0) is 17.6. The molecule has 0 bridgehead atoms. The van der Waals surface area contributed by atoms with Gasteiger partial charge in [-0.15, -0.1) is 0 Å². The standard InChI is InChI=1S/C19H20BrN3O2/c20-16-6-4-15(5-7-16)17(24)8-9-19(25)23-13-11-22(12-14-23)18-3-1-2-10-21-18/h1-7,10H,8-9,11-14H2. The van der Waals surface area contributed by atoms with E-state index in [2.05, 4.69) is 25.8 Å². The van der Waals surface area contributed by atoms with Crippen LogP contribution in [0.25, 0.3) is 0 Å². The van der Waals surface area contributed by atoms with E-state index in [1.165, 1.54) is 0 Å². The molecule has 3 rings (SSSR count). The van der Waals surface area contributed by atoms with Crippen LogP contribution in [0.2, 0.25) is 0 Å². The minimum atomic E-state index is 0.00738. The molecule has 0 spiro atoms. The Labute approximate surface area is 155 Å². The van der Waals surface area contributed by atoms with Gasteiger partial charge in [-0.2, -0.15) is 0 Å². The molecule has 130 valence electrons. The molecule has 1 amide bonds. The Kier molecular flexibility index (Phi) is 5.81. The molecule has 1 aromatic carbocycles. The number of benzene rings is 1. The lowest BCUT2D eigenvalue weighted by Crippen LogP contribution is -2.49. The number of carbonyl (C=O) groups excluding carboxylic acids is 2. The summed E-state index contributed by atoms with van der Waals surface area (Å²) < 4.78 is 0.936. The molecule has 6 heteroatoms. The van der Waals surface area contributed by atoms with E-state index in [-0.39, 0.29) is 24.5 Å². The molecule has 0 atom stereocenters. The number of rotatable bonds is 5. The average molecular weight is 402 g/mol. The highest BCUT2D eigenvalue weighted by atomic mass is 79.9. The van der Waals surface area contributed by atoms with E-state index in [0.29, 0.717) is 18.7 Å². The maximum Gasteiger partial charge on any atom is 0.223 e. The van der Waals surface area contributed by atoms with Crippen LogP contribution < -0.4 is 4.90 Å². The van der Waals surface area contributed by atoms with Gasteiger partial charge in [0.25, 0.3) is 0 Å². The van der Waals surface area contributed by atoms with E-state index in [4.69, 9.17) is 0 Å². The molecule has 0 unspecified atom stereocenters. The minimum absolute atomic E-state index is 0.00738. The number of ketones is 1. The molecule has 0 N–H and O–H groups in total. The number of hydrogen-bond donors (Lipinski definition) is 0. The predicted octanol–water partition coefficient (Wildman–Crippen LogP) is 3.16. The van der Waals surface area contributed by atoms with E-state index in [0.717, 1.165) is 23.4 Å². The average Bonchev–Trinajstić information content (AvgIpc) is 2.67. The number of Topliss-reactive ketones (excluding diaryl/α,β-unsaturated/α-hetero) is 1. The summed E-state index contributed by atoms with van der Waals surface area (Å²) in [6, 6.07) is 13.1. The first-order valence-electron chi connectivity index (χ1n) is 8.36. The van der Waals surface area contributed by atoms with Crippen molar-refractivity contribution in [3.05, 3.63) is 58.7 Å². The zero-order valence-electron chi connectivity index (χ0n) is 13.9. The Hall–Kier alpha value is -2.21. The second kappa shape index (κ2) is 8.25. The molecule has 1 aliphatic rings. The van der Waals surface area contributed by atoms with Crippen LogP contribution in [0.5, 0.6) is 0 Å². The van der Waals surface area contributed by atoms with Crippen molar-refractivity contribution in [2.75, 3.05) is 31.1 Å². The molecule has 1 aromatic heterocycles. The summed E-state index contributed by atoms with van der Waals surface area (Å²) in [7, 11) is 0. The molecule has 2 aromatic rings. The van der Waals surface area contributed by atoms with Crippen molar-refractivity contribution >= 4 is 33.4 Å². The van der Waals surface area contributed by atoms with Gasteiger partial charge < -0.3 is 9.80 Å². The smallest absolute Gasteiger partial charge is 0.223 e. The van der Waals surface area contributed by atoms with Crippen molar-refractivity contribution in [1.82, 2.24) is 9.88 Å². The number of piperazine rings is 1. The molecule has 0 saturated carbocycles. The van der Waals surface area contributed by atoms with Crippen LogP contribution in [0.3, 0.4) is 0 Å². The maximum absolute atomic E-state index is 12.4. The summed E-state index contributed by atoms with van der Waals surface area (Å²) in [5.74, 6) is 0.999. The third-order valence-electron chi connectivity index (χ3n) is 4.34. The molecule has 5 nitrogen and oxygen atoms in total. The molecular weight excluding hydrogens is 382 g/mol. The van der Waals surface area contributed by atoms with Gasteiger partial charge in [-0.25, -0.2) is 4.98 Å². The summed E-state index contributed by atoms with van der Waals surface area (Å²) in [4.78, 5) is 32.9. The first kappa shape index (κ1) is 17.6. The van der Waals surface area contributed by atoms with Crippen LogP contribution >= 0.6 is 15.9 Å². The summed E-state index contributed by atoms with van der Waals surface area (Å²) >= 11 is 3.35. The summed E-state index contributed by atoms with van der Waals surface area (Å²) in [5, 5.41) is 0. The summed E-state index contributed by atoms with van der Waals surface area (Å²) in [5.41, 5.74) is 0.649. The fourth-order valence-electron chi connectivity index (χ4n) is 2.88. The van der Waals surface area contributed by atoms with Crippen molar-refractivity contribution < 1.29 is 9.59 Å². The fourth-order valence-corrected chi connectivity index (χ4v) is 3.15. The number of halogens is 1. The zero-order valence-corrected chi connectivity index (χ0v) is 15.5. The van der Waals surface area contributed by atoms with Gasteiger partial charge >= 0.3 is 0 Å². The van der Waals surface area contributed by atoms with E-state index in [1.807, 2.05) is 35.2 Å². The lowest BCUT2D eigenvalue weighted by atomic mass is 10.1. The fraction of sp³-hybridized carbons (Fsp3) is 0.316. The van der Waals surface area contributed by atoms with Gasteiger partial charge in [0.15, 0.2) is 5.78 Å². The second-order valence-electron chi connectivity index (χ2n) is 5.99. The Bertz CT molecular complexity index is 726. The molecule has 1 fully saturated rings. The topological polar surface area (TPSA) is 53.5 Å². The monoisotopic (exact) mass is 401 g/mol. The van der Waals surface area contributed by atoms with Crippen LogP contribution in [0.15, 0.2) is 53.1 Å². The van der Waals surface area contributed by atoms with E-state index in [9.17, 15) is 9.59 Å². The highest BCUT2D eigenvalue weighted by Gasteiger charge is 2.22. The minimum Gasteiger partial charge on any atom is -0.353 e. The molecule has 25 heavy (non-hydrogen) atoms. The van der Waals surface area contributed by atoms with Gasteiger partial charge in [-0.3, -0.25) is 9.59 Å². The molecule has 0 aliphatic carbocycles. The van der Waals surface area contributed by atoms with Gasteiger partial charge in [0, 0.05) is 55.3 Å². The van der Waals surface area contributed by atoms with E-state index >= 15 is 0 Å². The lowest BCUT2D eigenvalue weighted by molar-refractivity contribution is -0.131. The normalized spacial score (nSPS) is 14.4. The second-order valence-corrected chi connectivity index (χ2v) is 6.90. The molecule has 0 radical (unpaired) electrons. The number of anilines is 1. The summed E-state index contributed by atoms with van der Waals surface area (Å²) in [6.07, 6.45) is 2.29. The Morgan fingerprint density at radius 3 is 2.32 bits per heavy atom. The molecule has 1 saturated heterocycles.